The molecule has 0 unspecified atom stereocenters. The lowest BCUT2D eigenvalue weighted by Gasteiger charge is -2.48. The van der Waals surface area contributed by atoms with Gasteiger partial charge in [-0.3, -0.25) is 4.99 Å². The van der Waals surface area contributed by atoms with Crippen LogP contribution in [0.15, 0.2) is 45.9 Å². The fourth-order valence-corrected chi connectivity index (χ4v) is 5.34. The molecular weight excluding hydrogens is 414 g/mol. The molecular formula is C23H28BrN3O. The largest absolute Gasteiger partial charge is 0.392 e. The van der Waals surface area contributed by atoms with Crippen molar-refractivity contribution in [2.24, 2.45) is 10.7 Å². The number of hydrogen-bond acceptors (Lipinski definition) is 3. The van der Waals surface area contributed by atoms with E-state index in [1.807, 2.05) is 6.07 Å². The molecule has 0 amide bonds. The number of halogens is 1. The van der Waals surface area contributed by atoms with Gasteiger partial charge in [0.25, 0.3) is 0 Å². The molecule has 28 heavy (non-hydrogen) atoms. The summed E-state index contributed by atoms with van der Waals surface area (Å²) in [5.41, 5.74) is 12.3. The topological polar surface area (TPSA) is 61.8 Å². The van der Waals surface area contributed by atoms with Gasteiger partial charge in [0, 0.05) is 41.3 Å². The van der Waals surface area contributed by atoms with Crippen LogP contribution in [0, 0.1) is 0 Å². The van der Waals surface area contributed by atoms with E-state index >= 15 is 0 Å². The van der Waals surface area contributed by atoms with E-state index < -0.39 is 0 Å². The van der Waals surface area contributed by atoms with Crippen LogP contribution in [0.5, 0.6) is 0 Å². The van der Waals surface area contributed by atoms with Crippen LogP contribution in [-0.2, 0) is 12.0 Å². The molecule has 1 saturated carbocycles. The van der Waals surface area contributed by atoms with E-state index in [4.69, 9.17) is 5.73 Å². The predicted octanol–water partition coefficient (Wildman–Crippen LogP) is 5.02. The second kappa shape index (κ2) is 7.88. The molecule has 2 aromatic rings. The van der Waals surface area contributed by atoms with Gasteiger partial charge in [-0.15, -0.1) is 0 Å². The minimum atomic E-state index is 0.0266. The third kappa shape index (κ3) is 3.25. The Hall–Kier alpha value is -1.85. The molecule has 3 N–H and O–H groups in total. The van der Waals surface area contributed by atoms with Crippen molar-refractivity contribution in [1.82, 2.24) is 0 Å². The van der Waals surface area contributed by atoms with E-state index in [9.17, 15) is 5.11 Å². The molecule has 0 atom stereocenters. The highest BCUT2D eigenvalue weighted by Crippen LogP contribution is 2.56. The molecule has 0 bridgehead atoms. The quantitative estimate of drug-likeness (QED) is 0.516. The molecule has 0 radical (unpaired) electrons. The van der Waals surface area contributed by atoms with Crippen LogP contribution < -0.4 is 10.6 Å². The van der Waals surface area contributed by atoms with Crippen molar-refractivity contribution < 1.29 is 5.11 Å². The number of fused-ring (bicyclic) bond motifs is 4. The van der Waals surface area contributed by atoms with Crippen LogP contribution in [-0.4, -0.2) is 24.5 Å². The molecule has 0 aromatic heterocycles. The molecule has 0 saturated heterocycles. The Balaban J connectivity index is 1.91. The maximum absolute atomic E-state index is 9.79. The Morgan fingerprint density at radius 1 is 1.11 bits per heavy atom. The summed E-state index contributed by atoms with van der Waals surface area (Å²) < 4.78 is 1.12. The fraction of sp³-hybridized carbons (Fsp3) is 0.435. The van der Waals surface area contributed by atoms with E-state index in [-0.39, 0.29) is 12.0 Å². The van der Waals surface area contributed by atoms with Gasteiger partial charge in [0.15, 0.2) is 0 Å². The van der Waals surface area contributed by atoms with Gasteiger partial charge in [0.2, 0.25) is 0 Å². The molecule has 1 fully saturated rings. The third-order valence-electron chi connectivity index (χ3n) is 6.40. The Labute approximate surface area is 175 Å². The van der Waals surface area contributed by atoms with Crippen LogP contribution in [0.2, 0.25) is 0 Å². The van der Waals surface area contributed by atoms with Crippen LogP contribution in [0.4, 0.5) is 11.4 Å². The number of hydrogen-bond donors (Lipinski definition) is 2. The van der Waals surface area contributed by atoms with Crippen molar-refractivity contribution in [3.63, 3.8) is 0 Å². The van der Waals surface area contributed by atoms with E-state index in [1.165, 1.54) is 41.8 Å². The minimum absolute atomic E-state index is 0.0266. The summed E-state index contributed by atoms with van der Waals surface area (Å²) in [5.74, 6) is 0.671. The average Bonchev–Trinajstić information content (AvgIpc) is 2.74. The van der Waals surface area contributed by atoms with E-state index in [2.05, 4.69) is 56.2 Å². The minimum Gasteiger partial charge on any atom is -0.392 e. The van der Waals surface area contributed by atoms with Gasteiger partial charge >= 0.3 is 0 Å². The summed E-state index contributed by atoms with van der Waals surface area (Å²) in [6.07, 6.45) is 6.82. The second-order valence-electron chi connectivity index (χ2n) is 7.93. The summed E-state index contributed by atoms with van der Waals surface area (Å²) in [7, 11) is 1.75. The van der Waals surface area contributed by atoms with Crippen molar-refractivity contribution in [3.05, 3.63) is 57.6 Å². The molecule has 1 aliphatic heterocycles. The fourth-order valence-electron chi connectivity index (χ4n) is 4.98. The van der Waals surface area contributed by atoms with Crippen molar-refractivity contribution in [1.29, 1.82) is 0 Å². The first-order chi connectivity index (χ1) is 13.6. The van der Waals surface area contributed by atoms with Crippen molar-refractivity contribution in [3.8, 4) is 0 Å². The van der Waals surface area contributed by atoms with Gasteiger partial charge in [-0.25, -0.2) is 0 Å². The summed E-state index contributed by atoms with van der Waals surface area (Å²) in [4.78, 5) is 6.52. The molecule has 5 heteroatoms. The lowest BCUT2D eigenvalue weighted by atomic mass is 9.62. The number of benzene rings is 2. The normalized spacial score (nSPS) is 18.1. The van der Waals surface area contributed by atoms with Gasteiger partial charge in [-0.2, -0.15) is 0 Å². The average molecular weight is 442 g/mol. The lowest BCUT2D eigenvalue weighted by molar-refractivity contribution is 0.281. The highest BCUT2D eigenvalue weighted by Gasteiger charge is 2.43. The van der Waals surface area contributed by atoms with Crippen LogP contribution in [0.3, 0.4) is 0 Å². The molecule has 2 aliphatic rings. The number of anilines is 2. The Morgan fingerprint density at radius 2 is 1.79 bits per heavy atom. The zero-order valence-electron chi connectivity index (χ0n) is 16.4. The maximum Gasteiger partial charge on any atom is 0.0951 e. The van der Waals surface area contributed by atoms with Gasteiger partial charge in [-0.05, 0) is 53.8 Å². The molecule has 148 valence electrons. The predicted molar refractivity (Wildman–Crippen MR) is 120 cm³/mol. The first-order valence-electron chi connectivity index (χ1n) is 10.1. The number of amidine groups is 1. The number of aliphatic hydroxyl groups excluding tert-OH is 1. The zero-order chi connectivity index (χ0) is 19.7. The summed E-state index contributed by atoms with van der Waals surface area (Å²) in [5, 5.41) is 9.79. The van der Waals surface area contributed by atoms with Crippen molar-refractivity contribution >= 4 is 33.1 Å². The monoisotopic (exact) mass is 441 g/mol. The van der Waals surface area contributed by atoms with Crippen LogP contribution >= 0.6 is 15.9 Å². The van der Waals surface area contributed by atoms with Crippen molar-refractivity contribution in [2.45, 2.75) is 50.5 Å². The van der Waals surface area contributed by atoms with E-state index in [0.29, 0.717) is 5.84 Å². The highest BCUT2D eigenvalue weighted by atomic mass is 79.9. The first-order valence-corrected chi connectivity index (χ1v) is 10.9. The number of aliphatic imine (C=N–C) groups is 1. The Kier molecular flexibility index (Phi) is 5.48. The second-order valence-corrected chi connectivity index (χ2v) is 8.85. The summed E-state index contributed by atoms with van der Waals surface area (Å²) in [6.45, 7) is 0.865. The summed E-state index contributed by atoms with van der Waals surface area (Å²) in [6, 6.07) is 13.1. The number of rotatable bonds is 4. The smallest absolute Gasteiger partial charge is 0.0951 e. The molecule has 1 aliphatic carbocycles. The number of nitrogens with zero attached hydrogens (tertiary/aromatic N) is 2. The molecule has 4 rings (SSSR count). The lowest BCUT2D eigenvalue weighted by Crippen LogP contribution is -2.39. The molecule has 1 spiro atoms. The molecule has 1 heterocycles. The summed E-state index contributed by atoms with van der Waals surface area (Å²) >= 11 is 3.70. The van der Waals surface area contributed by atoms with Gasteiger partial charge in [0.05, 0.1) is 12.4 Å². The molecule has 2 aromatic carbocycles. The zero-order valence-corrected chi connectivity index (χ0v) is 18.0. The van der Waals surface area contributed by atoms with Crippen LogP contribution in [0.25, 0.3) is 0 Å². The van der Waals surface area contributed by atoms with Gasteiger partial charge in [0.1, 0.15) is 0 Å². The standard InChI is InChI=1S/C23H28BrN3O/c1-26-22(25)9-12-27-20-7-5-16(15-28)13-18(20)23(10-3-2-4-11-23)19-14-17(24)6-8-21(19)27/h5-8,13-14,28H,2-4,9-12,15H2,1H3,(H2,25,26). The van der Waals surface area contributed by atoms with E-state index in [0.717, 1.165) is 35.8 Å². The van der Waals surface area contributed by atoms with Crippen LogP contribution in [0.1, 0.15) is 55.2 Å². The molecule has 4 nitrogen and oxygen atoms in total. The first kappa shape index (κ1) is 19.5. The Bertz CT molecular complexity index is 903. The SMILES string of the molecule is CN=C(N)CCN1c2ccc(Br)cc2C2(CCCCC2)c2cc(CO)ccc21. The number of nitrogens with two attached hydrogens (primary N) is 1. The highest BCUT2D eigenvalue weighted by molar-refractivity contribution is 9.10. The third-order valence-corrected chi connectivity index (χ3v) is 6.89. The van der Waals surface area contributed by atoms with Gasteiger partial charge < -0.3 is 15.7 Å². The maximum atomic E-state index is 9.79. The number of aliphatic hydroxyl groups is 1. The van der Waals surface area contributed by atoms with Crippen molar-refractivity contribution in [2.75, 3.05) is 18.5 Å². The van der Waals surface area contributed by atoms with Gasteiger partial charge in [-0.1, -0.05) is 47.3 Å². The Morgan fingerprint density at radius 3 is 2.46 bits per heavy atom. The van der Waals surface area contributed by atoms with E-state index in [1.54, 1.807) is 7.05 Å².